The lowest BCUT2D eigenvalue weighted by Crippen LogP contribution is -2.09. The molecule has 1 heterocycles. The van der Waals surface area contributed by atoms with E-state index >= 15 is 0 Å². The number of sulfone groups is 1. The van der Waals surface area contributed by atoms with Gasteiger partial charge < -0.3 is 4.74 Å². The Morgan fingerprint density at radius 2 is 1.93 bits per heavy atom. The van der Waals surface area contributed by atoms with E-state index in [1.165, 1.54) is 0 Å². The zero-order chi connectivity index (χ0) is 11.5. The quantitative estimate of drug-likeness (QED) is 0.715. The Hall–Kier alpha value is -1.31. The highest BCUT2D eigenvalue weighted by molar-refractivity contribution is 7.90. The molecule has 1 aromatic heterocycles. The average molecular weight is 238 g/mol. The van der Waals surface area contributed by atoms with E-state index in [1.54, 1.807) is 0 Å². The third-order valence-electron chi connectivity index (χ3n) is 1.31. The van der Waals surface area contributed by atoms with E-state index in [0.717, 1.165) is 18.6 Å². The van der Waals surface area contributed by atoms with Crippen LogP contribution in [0.1, 0.15) is 0 Å². The average Bonchev–Trinajstić information content (AvgIpc) is 2.14. The number of hydrogen-bond donors (Lipinski definition) is 0. The predicted octanol–water partition coefficient (Wildman–Crippen LogP) is 0.524. The molecule has 0 atom stereocenters. The van der Waals surface area contributed by atoms with Crippen molar-refractivity contribution in [3.8, 4) is 5.75 Å². The number of aromatic nitrogens is 2. The second-order valence-electron chi connectivity index (χ2n) is 2.68. The molecule has 8 heteroatoms. The van der Waals surface area contributed by atoms with E-state index in [1.807, 2.05) is 0 Å². The lowest BCUT2D eigenvalue weighted by atomic mass is 10.6. The van der Waals surface area contributed by atoms with Crippen molar-refractivity contribution in [1.82, 2.24) is 9.97 Å². The van der Waals surface area contributed by atoms with Crippen LogP contribution < -0.4 is 4.74 Å². The van der Waals surface area contributed by atoms with Gasteiger partial charge in [-0.25, -0.2) is 27.2 Å². The lowest BCUT2D eigenvalue weighted by molar-refractivity contribution is 0.0814. The maximum Gasteiger partial charge on any atom is 0.272 e. The van der Waals surface area contributed by atoms with Gasteiger partial charge in [0.2, 0.25) is 15.0 Å². The van der Waals surface area contributed by atoms with E-state index in [9.17, 15) is 17.2 Å². The molecule has 0 aromatic carbocycles. The summed E-state index contributed by atoms with van der Waals surface area (Å²) in [5, 5.41) is -0.369. The van der Waals surface area contributed by atoms with E-state index < -0.39 is 22.9 Å². The van der Waals surface area contributed by atoms with Crippen LogP contribution in [0.2, 0.25) is 0 Å². The van der Waals surface area contributed by atoms with E-state index in [-0.39, 0.29) is 10.9 Å². The zero-order valence-electron chi connectivity index (χ0n) is 7.72. The molecule has 1 rings (SSSR count). The summed E-state index contributed by atoms with van der Waals surface area (Å²) in [6.07, 6.45) is 0.416. The highest BCUT2D eigenvalue weighted by Gasteiger charge is 2.11. The number of halogens is 2. The van der Waals surface area contributed by atoms with Crippen LogP contribution in [0.25, 0.3) is 0 Å². The topological polar surface area (TPSA) is 69.2 Å². The number of hydrogen-bond acceptors (Lipinski definition) is 5. The molecule has 0 aliphatic carbocycles. The van der Waals surface area contributed by atoms with Gasteiger partial charge in [-0.1, -0.05) is 0 Å². The third kappa shape index (κ3) is 3.74. The van der Waals surface area contributed by atoms with Crippen LogP contribution in [-0.2, 0) is 9.84 Å². The highest BCUT2D eigenvalue weighted by atomic mass is 32.2. The first-order valence-electron chi connectivity index (χ1n) is 3.82. The highest BCUT2D eigenvalue weighted by Crippen LogP contribution is 2.09. The molecule has 0 aliphatic rings. The van der Waals surface area contributed by atoms with Gasteiger partial charge in [0, 0.05) is 6.26 Å². The molecule has 15 heavy (non-hydrogen) atoms. The monoisotopic (exact) mass is 238 g/mol. The van der Waals surface area contributed by atoms with E-state index in [2.05, 4.69) is 14.7 Å². The Labute approximate surface area is 85.0 Å². The minimum absolute atomic E-state index is 0.00250. The zero-order valence-corrected chi connectivity index (χ0v) is 8.54. The molecule has 5 nitrogen and oxygen atoms in total. The molecule has 0 saturated heterocycles. The molecule has 0 aliphatic heterocycles. The summed E-state index contributed by atoms with van der Waals surface area (Å²) >= 11 is 0. The van der Waals surface area contributed by atoms with E-state index in [0.29, 0.717) is 0 Å². The Morgan fingerprint density at radius 3 is 2.33 bits per heavy atom. The summed E-state index contributed by atoms with van der Waals surface area (Å²) in [6.45, 7) is -0.776. The van der Waals surface area contributed by atoms with Crippen molar-refractivity contribution in [2.24, 2.45) is 0 Å². The van der Waals surface area contributed by atoms with Crippen LogP contribution in [0.15, 0.2) is 17.6 Å². The van der Waals surface area contributed by atoms with Gasteiger partial charge in [0.1, 0.15) is 6.61 Å². The predicted molar refractivity (Wildman–Crippen MR) is 46.6 cm³/mol. The molecule has 84 valence electrons. The van der Waals surface area contributed by atoms with E-state index in [4.69, 9.17) is 0 Å². The molecule has 0 saturated carbocycles. The van der Waals surface area contributed by atoms with Crippen molar-refractivity contribution < 1.29 is 21.9 Å². The molecule has 0 unspecified atom stereocenters. The van der Waals surface area contributed by atoms with Crippen LogP contribution in [0.4, 0.5) is 8.78 Å². The number of rotatable bonds is 4. The van der Waals surface area contributed by atoms with Crippen molar-refractivity contribution >= 4 is 9.84 Å². The van der Waals surface area contributed by atoms with Gasteiger partial charge in [-0.15, -0.1) is 0 Å². The first-order valence-corrected chi connectivity index (χ1v) is 5.72. The molecule has 0 fully saturated rings. The van der Waals surface area contributed by atoms with Crippen molar-refractivity contribution in [3.05, 3.63) is 12.4 Å². The third-order valence-corrected chi connectivity index (χ3v) is 2.19. The summed E-state index contributed by atoms with van der Waals surface area (Å²) in [7, 11) is -3.48. The van der Waals surface area contributed by atoms with Gasteiger partial charge in [0.25, 0.3) is 6.43 Å². The second-order valence-corrected chi connectivity index (χ2v) is 4.59. The number of alkyl halides is 2. The molecule has 1 aromatic rings. The van der Waals surface area contributed by atoms with Crippen molar-refractivity contribution in [2.45, 2.75) is 11.6 Å². The van der Waals surface area contributed by atoms with Crippen molar-refractivity contribution in [3.63, 3.8) is 0 Å². The molecule has 0 radical (unpaired) electrons. The van der Waals surface area contributed by atoms with Gasteiger partial charge in [-0.3, -0.25) is 0 Å². The van der Waals surface area contributed by atoms with Gasteiger partial charge in [0.15, 0.2) is 5.75 Å². The fourth-order valence-corrected chi connectivity index (χ4v) is 1.22. The van der Waals surface area contributed by atoms with Gasteiger partial charge in [-0.2, -0.15) is 0 Å². The van der Waals surface area contributed by atoms with Crippen LogP contribution in [-0.4, -0.2) is 37.7 Å². The molecular weight excluding hydrogens is 230 g/mol. The Morgan fingerprint density at radius 1 is 1.40 bits per heavy atom. The van der Waals surface area contributed by atoms with Crippen molar-refractivity contribution in [2.75, 3.05) is 12.9 Å². The molecule has 0 bridgehead atoms. The van der Waals surface area contributed by atoms with Crippen LogP contribution >= 0.6 is 0 Å². The lowest BCUT2D eigenvalue weighted by Gasteiger charge is -2.04. The maximum atomic E-state index is 11.7. The number of nitrogens with zero attached hydrogens (tertiary/aromatic N) is 2. The largest absolute Gasteiger partial charge is 0.484 e. The van der Waals surface area contributed by atoms with Gasteiger partial charge >= 0.3 is 0 Å². The fourth-order valence-electron chi connectivity index (χ4n) is 0.730. The van der Waals surface area contributed by atoms with Crippen LogP contribution in [0.3, 0.4) is 0 Å². The Kier molecular flexibility index (Phi) is 3.51. The summed E-state index contributed by atoms with van der Waals surface area (Å²) < 4.78 is 49.9. The van der Waals surface area contributed by atoms with Gasteiger partial charge in [0.05, 0.1) is 12.4 Å². The molecule has 0 amide bonds. The Balaban J connectivity index is 2.73. The number of ether oxygens (including phenoxy) is 1. The van der Waals surface area contributed by atoms with Crippen molar-refractivity contribution in [1.29, 1.82) is 0 Å². The standard InChI is InChI=1S/C7H8F2N2O3S/c1-15(12,13)7-10-2-5(3-11-7)14-4-6(8)9/h2-3,6H,4H2,1H3. The van der Waals surface area contributed by atoms with Crippen LogP contribution in [0, 0.1) is 0 Å². The minimum atomic E-state index is -3.48. The molecule has 0 spiro atoms. The fraction of sp³-hybridized carbons (Fsp3) is 0.429. The smallest absolute Gasteiger partial charge is 0.272 e. The molecule has 0 N–H and O–H groups in total. The summed E-state index contributed by atoms with van der Waals surface area (Å²) in [5.74, 6) is 0.00250. The summed E-state index contributed by atoms with van der Waals surface area (Å²) in [5.41, 5.74) is 0. The normalized spacial score (nSPS) is 11.7. The minimum Gasteiger partial charge on any atom is -0.484 e. The second kappa shape index (κ2) is 4.47. The Bertz CT molecular complexity index is 418. The maximum absolute atomic E-state index is 11.7. The summed E-state index contributed by atoms with van der Waals surface area (Å²) in [6, 6.07) is 0. The molecular formula is C7H8F2N2O3S. The first kappa shape index (κ1) is 11.8. The summed E-state index contributed by atoms with van der Waals surface area (Å²) in [4.78, 5) is 6.92. The van der Waals surface area contributed by atoms with Gasteiger partial charge in [-0.05, 0) is 0 Å². The SMILES string of the molecule is CS(=O)(=O)c1ncc(OCC(F)F)cn1. The first-order chi connectivity index (χ1) is 6.89. The van der Waals surface area contributed by atoms with Crippen LogP contribution in [0.5, 0.6) is 5.75 Å².